The fourth-order valence-electron chi connectivity index (χ4n) is 2.88. The highest BCUT2D eigenvalue weighted by Crippen LogP contribution is 2.16. The Morgan fingerprint density at radius 3 is 2.74 bits per heavy atom. The van der Waals surface area contributed by atoms with Crippen molar-refractivity contribution in [1.29, 1.82) is 0 Å². The van der Waals surface area contributed by atoms with E-state index in [1.807, 2.05) is 0 Å². The van der Waals surface area contributed by atoms with E-state index in [2.05, 4.69) is 59.9 Å². The minimum atomic E-state index is -0.374. The number of nitrogens with zero attached hydrogens (tertiary/aromatic N) is 12. The molecule has 0 fully saturated rings. The molecule has 6 heterocycles. The van der Waals surface area contributed by atoms with Crippen LogP contribution in [0.4, 0.5) is 0 Å². The van der Waals surface area contributed by atoms with Crippen molar-refractivity contribution >= 4 is 71.5 Å². The first kappa shape index (κ1) is 14.2. The largest absolute Gasteiger partial charge is 0.267 e. The van der Waals surface area contributed by atoms with Gasteiger partial charge < -0.3 is 0 Å². The van der Waals surface area contributed by atoms with Gasteiger partial charge in [0.15, 0.2) is 41.2 Å². The summed E-state index contributed by atoms with van der Waals surface area (Å²) in [6.07, 6.45) is 5.86. The van der Waals surface area contributed by atoms with Gasteiger partial charge in [-0.1, -0.05) is 0 Å². The Morgan fingerprint density at radius 1 is 0.778 bits per heavy atom. The molecule has 0 aliphatic carbocycles. The predicted molar refractivity (Wildman–Crippen MR) is 106 cm³/mol. The molecule has 0 spiro atoms. The Hall–Kier alpha value is -3.96. The Labute approximate surface area is 151 Å². The summed E-state index contributed by atoms with van der Waals surface area (Å²) >= 11 is 0. The van der Waals surface area contributed by atoms with Crippen molar-refractivity contribution in [3.63, 3.8) is 0 Å². The Kier molecular flexibility index (Phi) is 2.78. The molecule has 6 rings (SSSR count). The maximum Gasteiger partial charge on any atom is 0.200 e. The van der Waals surface area contributed by atoms with Crippen LogP contribution in [-0.2, 0) is 0 Å². The molecule has 12 heteroatoms. The summed E-state index contributed by atoms with van der Waals surface area (Å²) in [5, 5.41) is 0. The lowest BCUT2D eigenvalue weighted by Gasteiger charge is -2.08. The van der Waals surface area contributed by atoms with E-state index >= 15 is 0 Å². The standard InChI is InChI=1S/C15H8N12/c1-7-10(20-4-16-1)25-14(22-7)13-18-3-8-11(26-13)27-15(23-8)12-17-2-6-9(24-12)21-5-19-6/h2-5,8-9H,1H2. The topological polar surface area (TPSA) is 148 Å². The molecule has 0 radical (unpaired) electrons. The van der Waals surface area contributed by atoms with E-state index in [0.29, 0.717) is 53.0 Å². The predicted octanol–water partition coefficient (Wildman–Crippen LogP) is -0.766. The SMILES string of the molecule is C1=NCC2=NC(C3=NC4=NC(C5=NC6N=CN=C6C=N5)=NC4C=N3)=NC2=N1. The van der Waals surface area contributed by atoms with Gasteiger partial charge >= 0.3 is 0 Å². The lowest BCUT2D eigenvalue weighted by molar-refractivity contribution is 0.950. The first-order valence-electron chi connectivity index (χ1n) is 8.07. The summed E-state index contributed by atoms with van der Waals surface area (Å²) < 4.78 is 0. The van der Waals surface area contributed by atoms with Crippen LogP contribution in [0, 0.1) is 0 Å². The van der Waals surface area contributed by atoms with Crippen LogP contribution < -0.4 is 0 Å². The smallest absolute Gasteiger partial charge is 0.200 e. The molecule has 0 aromatic heterocycles. The zero-order chi connectivity index (χ0) is 17.8. The highest BCUT2D eigenvalue weighted by Gasteiger charge is 2.31. The molecule has 0 bridgehead atoms. The Bertz CT molecular complexity index is 1150. The molecule has 128 valence electrons. The molecule has 0 saturated heterocycles. The van der Waals surface area contributed by atoms with E-state index in [1.165, 1.54) is 12.7 Å². The molecule has 2 atom stereocenters. The second-order valence-corrected chi connectivity index (χ2v) is 5.89. The summed E-state index contributed by atoms with van der Waals surface area (Å²) in [6.45, 7) is 0.451. The molecule has 0 saturated carbocycles. The fraction of sp³-hybridized carbons (Fsp3) is 0.200. The molecule has 0 amide bonds. The molecular formula is C15H8N12. The highest BCUT2D eigenvalue weighted by molar-refractivity contribution is 6.59. The van der Waals surface area contributed by atoms with E-state index < -0.39 is 0 Å². The van der Waals surface area contributed by atoms with E-state index in [9.17, 15) is 0 Å². The molecule has 0 aromatic rings. The van der Waals surface area contributed by atoms with Crippen molar-refractivity contribution in [2.75, 3.05) is 6.54 Å². The fourth-order valence-corrected chi connectivity index (χ4v) is 2.88. The average Bonchev–Trinajstić information content (AvgIpc) is 3.42. The van der Waals surface area contributed by atoms with Crippen LogP contribution in [0.15, 0.2) is 59.9 Å². The lowest BCUT2D eigenvalue weighted by Crippen LogP contribution is -2.25. The quantitative estimate of drug-likeness (QED) is 0.611. The van der Waals surface area contributed by atoms with Crippen LogP contribution in [0.1, 0.15) is 0 Å². The highest BCUT2D eigenvalue weighted by atomic mass is 15.2. The van der Waals surface area contributed by atoms with Gasteiger partial charge in [-0.15, -0.1) is 0 Å². The lowest BCUT2D eigenvalue weighted by atomic mass is 10.3. The van der Waals surface area contributed by atoms with Crippen LogP contribution in [0.3, 0.4) is 0 Å². The third kappa shape index (κ3) is 2.23. The van der Waals surface area contributed by atoms with E-state index in [1.54, 1.807) is 12.4 Å². The summed E-state index contributed by atoms with van der Waals surface area (Å²) in [5.41, 5.74) is 1.41. The number of amidine groups is 6. The van der Waals surface area contributed by atoms with Crippen molar-refractivity contribution in [2.45, 2.75) is 12.2 Å². The summed E-state index contributed by atoms with van der Waals surface area (Å²) in [6, 6.07) is -0.374. The normalized spacial score (nSPS) is 29.0. The van der Waals surface area contributed by atoms with Gasteiger partial charge in [0.25, 0.3) is 0 Å². The van der Waals surface area contributed by atoms with Gasteiger partial charge in [-0.25, -0.2) is 54.9 Å². The molecule has 6 aliphatic rings. The molecule has 2 unspecified atom stereocenters. The second kappa shape index (κ2) is 5.27. The minimum Gasteiger partial charge on any atom is -0.267 e. The maximum atomic E-state index is 4.48. The third-order valence-corrected chi connectivity index (χ3v) is 4.16. The number of hydrogen-bond donors (Lipinski definition) is 0. The molecule has 27 heavy (non-hydrogen) atoms. The zero-order valence-corrected chi connectivity index (χ0v) is 13.5. The van der Waals surface area contributed by atoms with Gasteiger partial charge in [0.2, 0.25) is 0 Å². The maximum absolute atomic E-state index is 4.48. The number of aliphatic imine (C=N–C) groups is 12. The van der Waals surface area contributed by atoms with Crippen LogP contribution in [-0.4, -0.2) is 90.3 Å². The van der Waals surface area contributed by atoms with Crippen molar-refractivity contribution in [3.8, 4) is 0 Å². The first-order chi connectivity index (χ1) is 13.3. The number of rotatable bonds is 2. The molecule has 0 aromatic carbocycles. The molecule has 12 nitrogen and oxygen atoms in total. The summed E-state index contributed by atoms with van der Waals surface area (Å²) in [7, 11) is 0. The third-order valence-electron chi connectivity index (χ3n) is 4.16. The van der Waals surface area contributed by atoms with Crippen LogP contribution in [0.25, 0.3) is 0 Å². The zero-order valence-electron chi connectivity index (χ0n) is 13.5. The van der Waals surface area contributed by atoms with Gasteiger partial charge in [0.05, 0.1) is 12.8 Å². The van der Waals surface area contributed by atoms with Crippen molar-refractivity contribution in [3.05, 3.63) is 0 Å². The van der Waals surface area contributed by atoms with Crippen molar-refractivity contribution in [2.24, 2.45) is 59.9 Å². The van der Waals surface area contributed by atoms with Gasteiger partial charge in [-0.3, -0.25) is 4.99 Å². The van der Waals surface area contributed by atoms with E-state index in [-0.39, 0.29) is 12.2 Å². The minimum absolute atomic E-state index is 0.370. The number of hydrogen-bond acceptors (Lipinski definition) is 12. The average molecular weight is 356 g/mol. The molecular weight excluding hydrogens is 348 g/mol. The van der Waals surface area contributed by atoms with Crippen molar-refractivity contribution in [1.82, 2.24) is 0 Å². The summed E-state index contributed by atoms with van der Waals surface area (Å²) in [4.78, 5) is 51.5. The van der Waals surface area contributed by atoms with Crippen LogP contribution >= 0.6 is 0 Å². The van der Waals surface area contributed by atoms with Crippen LogP contribution in [0.5, 0.6) is 0 Å². The van der Waals surface area contributed by atoms with Gasteiger partial charge in [-0.05, 0) is 0 Å². The van der Waals surface area contributed by atoms with Gasteiger partial charge in [0, 0.05) is 6.21 Å². The monoisotopic (exact) mass is 356 g/mol. The number of fused-ring (bicyclic) bond motifs is 3. The Balaban J connectivity index is 1.30. The molecule has 6 aliphatic heterocycles. The first-order valence-corrected chi connectivity index (χ1v) is 8.07. The second-order valence-electron chi connectivity index (χ2n) is 5.89. The van der Waals surface area contributed by atoms with Crippen molar-refractivity contribution < 1.29 is 0 Å². The van der Waals surface area contributed by atoms with Gasteiger partial charge in [0.1, 0.15) is 30.1 Å². The van der Waals surface area contributed by atoms with E-state index in [4.69, 9.17) is 0 Å². The summed E-state index contributed by atoms with van der Waals surface area (Å²) in [5.74, 6) is 2.62. The molecule has 0 N–H and O–H groups in total. The van der Waals surface area contributed by atoms with E-state index in [0.717, 1.165) is 0 Å². The van der Waals surface area contributed by atoms with Crippen LogP contribution in [0.2, 0.25) is 0 Å². The van der Waals surface area contributed by atoms with Gasteiger partial charge in [-0.2, -0.15) is 0 Å². The Morgan fingerprint density at radius 2 is 1.78 bits per heavy atom.